The van der Waals surface area contributed by atoms with Crippen molar-refractivity contribution >= 4 is 64.1 Å². The maximum absolute atomic E-state index is 12.0. The number of alkyl halides is 3. The van der Waals surface area contributed by atoms with Gasteiger partial charge < -0.3 is 0 Å². The molecule has 0 saturated carbocycles. The van der Waals surface area contributed by atoms with E-state index in [1.807, 2.05) is 18.2 Å². The molecule has 0 spiro atoms. The lowest BCUT2D eigenvalue weighted by Crippen LogP contribution is -2.18. The second-order valence-electron chi connectivity index (χ2n) is 4.14. The molecular weight excluding hydrogens is 355 g/mol. The largest absolute Gasteiger partial charge is 0.289 e. The summed E-state index contributed by atoms with van der Waals surface area (Å²) in [5.74, 6) is -0.505. The predicted octanol–water partition coefficient (Wildman–Crippen LogP) is 5.86. The van der Waals surface area contributed by atoms with Gasteiger partial charge in [0.15, 0.2) is 0 Å². The van der Waals surface area contributed by atoms with Crippen LogP contribution < -0.4 is 0 Å². The number of rotatable bonds is 1. The molecule has 0 bridgehead atoms. The Hall–Kier alpha value is -0.320. The Morgan fingerprint density at radius 2 is 1.40 bits per heavy atom. The van der Waals surface area contributed by atoms with Gasteiger partial charge in [0.25, 0.3) is 3.79 Å². The molecule has 0 aromatic heterocycles. The first kappa shape index (κ1) is 14.6. The lowest BCUT2D eigenvalue weighted by molar-refractivity contribution is 0.0996. The van der Waals surface area contributed by atoms with Crippen LogP contribution in [-0.4, -0.2) is 9.58 Å². The van der Waals surface area contributed by atoms with Crippen LogP contribution in [-0.2, 0) is 0 Å². The van der Waals surface area contributed by atoms with Crippen LogP contribution in [0.5, 0.6) is 0 Å². The normalized spacial score (nSPS) is 13.6. The van der Waals surface area contributed by atoms with Crippen molar-refractivity contribution in [2.24, 2.45) is 0 Å². The van der Waals surface area contributed by atoms with Gasteiger partial charge in [-0.2, -0.15) is 0 Å². The van der Waals surface area contributed by atoms with Crippen LogP contribution in [0.15, 0.2) is 62.0 Å². The van der Waals surface area contributed by atoms with Gasteiger partial charge in [-0.05, 0) is 24.3 Å². The minimum Gasteiger partial charge on any atom is -0.289 e. The SMILES string of the molecule is O=C(c1ccc2c(c1)Sc1ccccc1S2)C(Cl)(Cl)Cl. The minimum atomic E-state index is -1.92. The predicted molar refractivity (Wildman–Crippen MR) is 85.8 cm³/mol. The quantitative estimate of drug-likeness (QED) is 0.399. The first-order valence-electron chi connectivity index (χ1n) is 5.65. The van der Waals surface area contributed by atoms with E-state index in [0.717, 1.165) is 9.79 Å². The molecule has 2 aromatic carbocycles. The van der Waals surface area contributed by atoms with Crippen LogP contribution in [0.2, 0.25) is 0 Å². The highest BCUT2D eigenvalue weighted by molar-refractivity contribution is 8.05. The molecule has 102 valence electrons. The summed E-state index contributed by atoms with van der Waals surface area (Å²) in [6, 6.07) is 13.5. The molecule has 1 heterocycles. The Bertz CT molecular complexity index is 695. The summed E-state index contributed by atoms with van der Waals surface area (Å²) in [6.45, 7) is 0. The van der Waals surface area contributed by atoms with Crippen molar-refractivity contribution in [2.75, 3.05) is 0 Å². The third-order valence-corrected chi connectivity index (χ3v) is 5.81. The molecular formula is C14H7Cl3OS2. The topological polar surface area (TPSA) is 17.1 Å². The molecule has 0 unspecified atom stereocenters. The zero-order chi connectivity index (χ0) is 14.3. The minimum absolute atomic E-state index is 0.413. The summed E-state index contributed by atoms with van der Waals surface area (Å²) in [5.41, 5.74) is 0.413. The average Bonchev–Trinajstić information content (AvgIpc) is 2.42. The third-order valence-electron chi connectivity index (χ3n) is 2.75. The van der Waals surface area contributed by atoms with Gasteiger partial charge in [0.1, 0.15) is 0 Å². The highest BCUT2D eigenvalue weighted by atomic mass is 35.6. The molecule has 20 heavy (non-hydrogen) atoms. The number of ketones is 1. The van der Waals surface area contributed by atoms with Crippen molar-refractivity contribution < 1.29 is 4.79 Å². The van der Waals surface area contributed by atoms with E-state index in [9.17, 15) is 4.79 Å². The summed E-state index contributed by atoms with van der Waals surface area (Å²) < 4.78 is -1.92. The molecule has 0 N–H and O–H groups in total. The highest BCUT2D eigenvalue weighted by Gasteiger charge is 2.32. The van der Waals surface area contributed by atoms with Crippen LogP contribution in [0.1, 0.15) is 10.4 Å². The number of fused-ring (bicyclic) bond motifs is 2. The molecule has 0 aliphatic carbocycles. The molecule has 0 fully saturated rings. The Labute approximate surface area is 140 Å². The Morgan fingerprint density at radius 3 is 2.00 bits per heavy atom. The van der Waals surface area contributed by atoms with Gasteiger partial charge in [0.05, 0.1) is 0 Å². The van der Waals surface area contributed by atoms with Crippen LogP contribution >= 0.6 is 58.3 Å². The number of halogens is 3. The van der Waals surface area contributed by atoms with Crippen molar-refractivity contribution in [3.63, 3.8) is 0 Å². The highest BCUT2D eigenvalue weighted by Crippen LogP contribution is 2.48. The van der Waals surface area contributed by atoms with Crippen molar-refractivity contribution in [1.29, 1.82) is 0 Å². The molecule has 1 aliphatic heterocycles. The van der Waals surface area contributed by atoms with Gasteiger partial charge in [0.2, 0.25) is 5.78 Å². The average molecular weight is 362 g/mol. The Balaban J connectivity index is 1.98. The van der Waals surface area contributed by atoms with Crippen molar-refractivity contribution in [1.82, 2.24) is 0 Å². The molecule has 0 radical (unpaired) electrons. The van der Waals surface area contributed by atoms with Gasteiger partial charge in [-0.25, -0.2) is 0 Å². The smallest absolute Gasteiger partial charge is 0.253 e. The summed E-state index contributed by atoms with van der Waals surface area (Å²) in [7, 11) is 0. The molecule has 6 heteroatoms. The Morgan fingerprint density at radius 1 is 0.850 bits per heavy atom. The molecule has 0 saturated heterocycles. The Kier molecular flexibility index (Phi) is 3.99. The van der Waals surface area contributed by atoms with E-state index in [4.69, 9.17) is 34.8 Å². The van der Waals surface area contributed by atoms with Crippen molar-refractivity contribution in [3.05, 3.63) is 48.0 Å². The standard InChI is InChI=1S/C14H7Cl3OS2/c15-14(16,17)13(18)8-5-6-11-12(7-8)20-10-4-2-1-3-9(10)19-11/h1-7H. The second-order valence-corrected chi connectivity index (χ2v) is 8.59. The van der Waals surface area contributed by atoms with E-state index in [2.05, 4.69) is 12.1 Å². The zero-order valence-corrected chi connectivity index (χ0v) is 13.8. The van der Waals surface area contributed by atoms with Gasteiger partial charge in [-0.1, -0.05) is 76.5 Å². The summed E-state index contributed by atoms with van der Waals surface area (Å²) in [6.07, 6.45) is 0. The second kappa shape index (κ2) is 5.47. The molecule has 1 aliphatic rings. The fraction of sp³-hybridized carbons (Fsp3) is 0.0714. The summed E-state index contributed by atoms with van der Waals surface area (Å²) >= 11 is 20.3. The van der Waals surface area contributed by atoms with Crippen LogP contribution in [0.3, 0.4) is 0 Å². The summed E-state index contributed by atoms with van der Waals surface area (Å²) in [5, 5.41) is 0. The number of hydrogen-bond donors (Lipinski definition) is 0. The molecule has 1 nitrogen and oxygen atoms in total. The van der Waals surface area contributed by atoms with E-state index < -0.39 is 9.58 Å². The first-order valence-corrected chi connectivity index (χ1v) is 8.42. The number of hydrogen-bond acceptors (Lipinski definition) is 3. The van der Waals surface area contributed by atoms with E-state index in [1.165, 1.54) is 9.79 Å². The van der Waals surface area contributed by atoms with Gasteiger partial charge >= 0.3 is 0 Å². The van der Waals surface area contributed by atoms with Gasteiger partial charge in [-0.15, -0.1) is 0 Å². The molecule has 0 atom stereocenters. The van der Waals surface area contributed by atoms with Crippen molar-refractivity contribution in [3.8, 4) is 0 Å². The van der Waals surface area contributed by atoms with E-state index in [-0.39, 0.29) is 0 Å². The van der Waals surface area contributed by atoms with Gasteiger partial charge in [-0.3, -0.25) is 4.79 Å². The van der Waals surface area contributed by atoms with Crippen LogP contribution in [0, 0.1) is 0 Å². The molecule has 3 rings (SSSR count). The lowest BCUT2D eigenvalue weighted by atomic mass is 10.1. The maximum Gasteiger partial charge on any atom is 0.253 e. The number of carbonyl (C=O) groups excluding carboxylic acids is 1. The van der Waals surface area contributed by atoms with E-state index in [1.54, 1.807) is 35.7 Å². The monoisotopic (exact) mass is 360 g/mol. The zero-order valence-electron chi connectivity index (χ0n) is 9.90. The van der Waals surface area contributed by atoms with Crippen LogP contribution in [0.25, 0.3) is 0 Å². The molecule has 2 aromatic rings. The number of carbonyl (C=O) groups is 1. The van der Waals surface area contributed by atoms with Crippen LogP contribution in [0.4, 0.5) is 0 Å². The first-order chi connectivity index (χ1) is 9.45. The number of Topliss-reactive ketones (excluding diaryl/α,β-unsaturated/α-hetero) is 1. The fourth-order valence-electron chi connectivity index (χ4n) is 1.83. The molecule has 0 amide bonds. The number of benzene rings is 2. The lowest BCUT2D eigenvalue weighted by Gasteiger charge is -2.19. The van der Waals surface area contributed by atoms with E-state index >= 15 is 0 Å². The summed E-state index contributed by atoms with van der Waals surface area (Å²) in [4.78, 5) is 16.5. The fourth-order valence-corrected chi connectivity index (χ4v) is 4.41. The third kappa shape index (κ3) is 2.83. The van der Waals surface area contributed by atoms with E-state index in [0.29, 0.717) is 5.56 Å². The van der Waals surface area contributed by atoms with Gasteiger partial charge in [0, 0.05) is 25.1 Å². The van der Waals surface area contributed by atoms with Crippen molar-refractivity contribution in [2.45, 2.75) is 23.4 Å². The maximum atomic E-state index is 12.0.